The van der Waals surface area contributed by atoms with Crippen LogP contribution in [0.25, 0.3) is 11.3 Å². The number of thioether (sulfide) groups is 1. The van der Waals surface area contributed by atoms with Gasteiger partial charge in [0.15, 0.2) is 5.16 Å². The van der Waals surface area contributed by atoms with Crippen LogP contribution in [0.15, 0.2) is 35.5 Å². The Kier molecular flexibility index (Phi) is 5.16. The fraction of sp³-hybridized carbons (Fsp3) is 0.267. The summed E-state index contributed by atoms with van der Waals surface area (Å²) < 4.78 is 5.61. The molecule has 6 heteroatoms. The third-order valence-electron chi connectivity index (χ3n) is 2.62. The quantitative estimate of drug-likeness (QED) is 0.653. The molecule has 2 aromatic rings. The highest BCUT2D eigenvalue weighted by atomic mass is 32.2. The van der Waals surface area contributed by atoms with Crippen molar-refractivity contribution in [3.8, 4) is 17.0 Å². The van der Waals surface area contributed by atoms with E-state index in [-0.39, 0.29) is 5.75 Å². The van der Waals surface area contributed by atoms with Crippen LogP contribution in [0.2, 0.25) is 0 Å². The number of aryl methyl sites for hydroxylation is 1. The van der Waals surface area contributed by atoms with E-state index in [1.807, 2.05) is 44.2 Å². The number of rotatable bonds is 6. The second-order valence-electron chi connectivity index (χ2n) is 4.29. The van der Waals surface area contributed by atoms with Gasteiger partial charge in [0.05, 0.1) is 18.1 Å². The number of para-hydroxylation sites is 1. The van der Waals surface area contributed by atoms with Crippen LogP contribution in [0, 0.1) is 6.92 Å². The minimum Gasteiger partial charge on any atom is -0.493 e. The number of hydrogen-bond donors (Lipinski definition) is 1. The number of ether oxygens (including phenoxy) is 1. The molecule has 0 aliphatic carbocycles. The Morgan fingerprint density at radius 3 is 2.81 bits per heavy atom. The van der Waals surface area contributed by atoms with Gasteiger partial charge in [0.1, 0.15) is 5.75 Å². The summed E-state index contributed by atoms with van der Waals surface area (Å²) in [5, 5.41) is 9.21. The zero-order valence-corrected chi connectivity index (χ0v) is 12.7. The molecule has 1 N–H and O–H groups in total. The van der Waals surface area contributed by atoms with Crippen LogP contribution in [-0.2, 0) is 4.79 Å². The molecule has 1 heterocycles. The molecular formula is C15H16N2O3S. The maximum Gasteiger partial charge on any atom is 0.313 e. The van der Waals surface area contributed by atoms with Crippen LogP contribution in [-0.4, -0.2) is 33.4 Å². The highest BCUT2D eigenvalue weighted by Gasteiger charge is 2.11. The molecule has 0 amide bonds. The standard InChI is InChI=1S/C15H16N2O3S/c1-3-20-13-7-5-4-6-11(13)12-8-10(2)16-15(17-12)21-9-14(18)19/h4-8H,3,9H2,1-2H3,(H,18,19). The predicted octanol–water partition coefficient (Wildman–Crippen LogP) is 3.03. The first kappa shape index (κ1) is 15.3. The molecule has 0 saturated carbocycles. The third-order valence-corrected chi connectivity index (χ3v) is 3.45. The lowest BCUT2D eigenvalue weighted by atomic mass is 10.1. The van der Waals surface area contributed by atoms with E-state index in [1.165, 1.54) is 0 Å². The van der Waals surface area contributed by atoms with Gasteiger partial charge in [0, 0.05) is 11.3 Å². The van der Waals surface area contributed by atoms with Crippen molar-refractivity contribution < 1.29 is 14.6 Å². The van der Waals surface area contributed by atoms with E-state index >= 15 is 0 Å². The van der Waals surface area contributed by atoms with Gasteiger partial charge in [-0.1, -0.05) is 23.9 Å². The summed E-state index contributed by atoms with van der Waals surface area (Å²) in [6.45, 7) is 4.36. The minimum atomic E-state index is -0.888. The van der Waals surface area contributed by atoms with E-state index in [1.54, 1.807) is 0 Å². The van der Waals surface area contributed by atoms with Gasteiger partial charge in [-0.05, 0) is 32.0 Å². The fourth-order valence-corrected chi connectivity index (χ4v) is 2.45. The molecule has 21 heavy (non-hydrogen) atoms. The number of carbonyl (C=O) groups is 1. The van der Waals surface area contributed by atoms with Crippen molar-refractivity contribution >= 4 is 17.7 Å². The van der Waals surface area contributed by atoms with E-state index in [0.717, 1.165) is 34.5 Å². The summed E-state index contributed by atoms with van der Waals surface area (Å²) in [6, 6.07) is 9.50. The number of aliphatic carboxylic acids is 1. The summed E-state index contributed by atoms with van der Waals surface area (Å²) in [6.07, 6.45) is 0. The molecule has 0 bridgehead atoms. The molecule has 0 atom stereocenters. The highest BCUT2D eigenvalue weighted by Crippen LogP contribution is 2.30. The molecule has 1 aromatic carbocycles. The van der Waals surface area contributed by atoms with Crippen LogP contribution < -0.4 is 4.74 Å². The number of nitrogens with zero attached hydrogens (tertiary/aromatic N) is 2. The monoisotopic (exact) mass is 304 g/mol. The average Bonchev–Trinajstić information content (AvgIpc) is 2.45. The van der Waals surface area contributed by atoms with Gasteiger partial charge >= 0.3 is 5.97 Å². The number of benzene rings is 1. The van der Waals surface area contributed by atoms with Crippen molar-refractivity contribution in [2.45, 2.75) is 19.0 Å². The Hall–Kier alpha value is -2.08. The summed E-state index contributed by atoms with van der Waals surface area (Å²) >= 11 is 1.11. The Balaban J connectivity index is 2.37. The summed E-state index contributed by atoms with van der Waals surface area (Å²) in [4.78, 5) is 19.3. The number of aromatic nitrogens is 2. The lowest BCUT2D eigenvalue weighted by Gasteiger charge is -2.10. The molecule has 5 nitrogen and oxygen atoms in total. The first-order valence-electron chi connectivity index (χ1n) is 6.52. The maximum absolute atomic E-state index is 10.7. The third kappa shape index (κ3) is 4.19. The van der Waals surface area contributed by atoms with Crippen molar-refractivity contribution in [3.05, 3.63) is 36.0 Å². The molecule has 0 spiro atoms. The van der Waals surface area contributed by atoms with Gasteiger partial charge in [0.25, 0.3) is 0 Å². The summed E-state index contributed by atoms with van der Waals surface area (Å²) in [5.41, 5.74) is 2.40. The Morgan fingerprint density at radius 2 is 2.10 bits per heavy atom. The van der Waals surface area contributed by atoms with E-state index in [2.05, 4.69) is 9.97 Å². The van der Waals surface area contributed by atoms with Crippen molar-refractivity contribution in [2.24, 2.45) is 0 Å². The van der Waals surface area contributed by atoms with Crippen LogP contribution in [0.1, 0.15) is 12.6 Å². The smallest absolute Gasteiger partial charge is 0.313 e. The van der Waals surface area contributed by atoms with Gasteiger partial charge in [0.2, 0.25) is 0 Å². The largest absolute Gasteiger partial charge is 0.493 e. The number of carboxylic acids is 1. The summed E-state index contributed by atoms with van der Waals surface area (Å²) in [7, 11) is 0. The molecule has 110 valence electrons. The first-order chi connectivity index (χ1) is 10.1. The Bertz CT molecular complexity index is 647. The zero-order chi connectivity index (χ0) is 15.2. The second kappa shape index (κ2) is 7.08. The van der Waals surface area contributed by atoms with E-state index in [9.17, 15) is 4.79 Å². The second-order valence-corrected chi connectivity index (χ2v) is 5.23. The maximum atomic E-state index is 10.7. The molecule has 0 saturated heterocycles. The topological polar surface area (TPSA) is 72.3 Å². The van der Waals surface area contributed by atoms with E-state index in [4.69, 9.17) is 9.84 Å². The first-order valence-corrected chi connectivity index (χ1v) is 7.51. The van der Waals surface area contributed by atoms with Crippen molar-refractivity contribution in [2.75, 3.05) is 12.4 Å². The van der Waals surface area contributed by atoms with Gasteiger partial charge in [-0.2, -0.15) is 0 Å². The highest BCUT2D eigenvalue weighted by molar-refractivity contribution is 7.99. The molecule has 0 radical (unpaired) electrons. The van der Waals surface area contributed by atoms with Crippen LogP contribution in [0.3, 0.4) is 0 Å². The van der Waals surface area contributed by atoms with Crippen LogP contribution >= 0.6 is 11.8 Å². The zero-order valence-electron chi connectivity index (χ0n) is 11.9. The van der Waals surface area contributed by atoms with Gasteiger partial charge < -0.3 is 9.84 Å². The molecule has 1 aromatic heterocycles. The fourth-order valence-electron chi connectivity index (χ4n) is 1.83. The molecular weight excluding hydrogens is 288 g/mol. The minimum absolute atomic E-state index is 0.0595. The van der Waals surface area contributed by atoms with Crippen molar-refractivity contribution in [1.82, 2.24) is 9.97 Å². The van der Waals surface area contributed by atoms with Crippen LogP contribution in [0.5, 0.6) is 5.75 Å². The van der Waals surface area contributed by atoms with Crippen molar-refractivity contribution in [1.29, 1.82) is 0 Å². The van der Waals surface area contributed by atoms with Gasteiger partial charge in [-0.15, -0.1) is 0 Å². The lowest BCUT2D eigenvalue weighted by Crippen LogP contribution is -2.01. The van der Waals surface area contributed by atoms with Crippen LogP contribution in [0.4, 0.5) is 0 Å². The Morgan fingerprint density at radius 1 is 1.33 bits per heavy atom. The van der Waals surface area contributed by atoms with E-state index in [0.29, 0.717) is 11.8 Å². The number of carboxylic acid groups (broad SMARTS) is 1. The molecule has 0 aliphatic heterocycles. The van der Waals surface area contributed by atoms with Gasteiger partial charge in [-0.3, -0.25) is 4.79 Å². The molecule has 2 rings (SSSR count). The normalized spacial score (nSPS) is 10.4. The average molecular weight is 304 g/mol. The summed E-state index contributed by atoms with van der Waals surface area (Å²) in [5.74, 6) is -0.190. The van der Waals surface area contributed by atoms with Crippen molar-refractivity contribution in [3.63, 3.8) is 0 Å². The van der Waals surface area contributed by atoms with Gasteiger partial charge in [-0.25, -0.2) is 9.97 Å². The molecule has 0 aliphatic rings. The predicted molar refractivity (Wildman–Crippen MR) is 81.7 cm³/mol. The Labute approximate surface area is 127 Å². The molecule has 0 unspecified atom stereocenters. The lowest BCUT2D eigenvalue weighted by molar-refractivity contribution is -0.133. The SMILES string of the molecule is CCOc1ccccc1-c1cc(C)nc(SCC(=O)O)n1. The van der Waals surface area contributed by atoms with E-state index < -0.39 is 5.97 Å². The number of hydrogen-bond acceptors (Lipinski definition) is 5. The molecule has 0 fully saturated rings.